The molecule has 1 amide bonds. The van der Waals surface area contributed by atoms with Crippen molar-refractivity contribution in [2.24, 2.45) is 16.5 Å². The highest BCUT2D eigenvalue weighted by Gasteiger charge is 2.38. The Hall–Kier alpha value is -2.10. The maximum atomic E-state index is 13.1. The monoisotopic (exact) mass is 337 g/mol. The number of halogens is 3. The Balaban J connectivity index is 3.71. The number of carbonyl (C=O) groups is 1. The highest BCUT2D eigenvalue weighted by atomic mass is 32.2. The minimum absolute atomic E-state index is 0.0232. The molecule has 4 N–H and O–H groups in total. The first-order valence-electron chi connectivity index (χ1n) is 5.98. The van der Waals surface area contributed by atoms with Crippen LogP contribution in [0.3, 0.4) is 0 Å². The highest BCUT2D eigenvalue weighted by molar-refractivity contribution is 7.91. The summed E-state index contributed by atoms with van der Waals surface area (Å²) < 4.78 is 62.9. The Morgan fingerprint density at radius 1 is 1.27 bits per heavy atom. The number of sulfone groups is 1. The van der Waals surface area contributed by atoms with Gasteiger partial charge in [-0.05, 0) is 24.6 Å². The standard InChI is InChI=1S/C12H14F3N3O3S/c1-3-22(20,21)9-4-6(2)7(10(19)18-11(16)17)5-8(9)12(13,14)15/h4-5H,3H2,1-2H3,(H4,16,17,18,19). The second-order valence-electron chi connectivity index (χ2n) is 4.41. The molecule has 0 radical (unpaired) electrons. The van der Waals surface area contributed by atoms with E-state index in [0.29, 0.717) is 6.07 Å². The lowest BCUT2D eigenvalue weighted by Gasteiger charge is -2.15. The van der Waals surface area contributed by atoms with Gasteiger partial charge in [-0.3, -0.25) is 4.79 Å². The second-order valence-corrected chi connectivity index (χ2v) is 6.65. The molecule has 0 aliphatic carbocycles. The van der Waals surface area contributed by atoms with Crippen molar-refractivity contribution in [3.8, 4) is 0 Å². The van der Waals surface area contributed by atoms with Crippen LogP contribution in [0.5, 0.6) is 0 Å². The lowest BCUT2D eigenvalue weighted by Crippen LogP contribution is -2.24. The summed E-state index contributed by atoms with van der Waals surface area (Å²) in [5, 5.41) is 0. The molecule has 0 atom stereocenters. The van der Waals surface area contributed by atoms with Gasteiger partial charge in [0.1, 0.15) is 0 Å². The molecular weight excluding hydrogens is 323 g/mol. The summed E-state index contributed by atoms with van der Waals surface area (Å²) in [5.41, 5.74) is 8.21. The lowest BCUT2D eigenvalue weighted by molar-refractivity contribution is -0.139. The number of nitrogens with two attached hydrogens (primary N) is 2. The highest BCUT2D eigenvalue weighted by Crippen LogP contribution is 2.36. The summed E-state index contributed by atoms with van der Waals surface area (Å²) in [6, 6.07) is 1.25. The number of aliphatic imine (C=N–C) groups is 1. The smallest absolute Gasteiger partial charge is 0.370 e. The fourth-order valence-electron chi connectivity index (χ4n) is 1.72. The van der Waals surface area contributed by atoms with E-state index in [-0.39, 0.29) is 5.56 Å². The number of benzene rings is 1. The molecule has 0 saturated carbocycles. The van der Waals surface area contributed by atoms with Crippen molar-refractivity contribution < 1.29 is 26.4 Å². The van der Waals surface area contributed by atoms with Crippen LogP contribution in [0, 0.1) is 6.92 Å². The van der Waals surface area contributed by atoms with Crippen LogP contribution in [0.1, 0.15) is 28.4 Å². The van der Waals surface area contributed by atoms with E-state index in [1.807, 2.05) is 0 Å². The van der Waals surface area contributed by atoms with Gasteiger partial charge < -0.3 is 11.5 Å². The maximum Gasteiger partial charge on any atom is 0.417 e. The van der Waals surface area contributed by atoms with Crippen LogP contribution in [-0.2, 0) is 16.0 Å². The van der Waals surface area contributed by atoms with Crippen LogP contribution in [0.25, 0.3) is 0 Å². The molecule has 0 saturated heterocycles. The summed E-state index contributed by atoms with van der Waals surface area (Å²) in [5.74, 6) is -2.19. The normalized spacial score (nSPS) is 12.0. The van der Waals surface area contributed by atoms with Gasteiger partial charge in [-0.1, -0.05) is 6.92 Å². The van der Waals surface area contributed by atoms with E-state index in [9.17, 15) is 26.4 Å². The summed E-state index contributed by atoms with van der Waals surface area (Å²) in [6.45, 7) is 2.52. The summed E-state index contributed by atoms with van der Waals surface area (Å²) >= 11 is 0. The first kappa shape index (κ1) is 18.0. The quantitative estimate of drug-likeness (QED) is 0.635. The molecule has 0 aliphatic heterocycles. The largest absolute Gasteiger partial charge is 0.417 e. The number of rotatable bonds is 3. The molecule has 1 rings (SSSR count). The molecule has 22 heavy (non-hydrogen) atoms. The van der Waals surface area contributed by atoms with Crippen LogP contribution in [0.4, 0.5) is 13.2 Å². The molecule has 0 aromatic heterocycles. The molecule has 0 bridgehead atoms. The molecule has 0 spiro atoms. The Bertz CT molecular complexity index is 736. The molecule has 1 aromatic rings. The molecule has 0 fully saturated rings. The number of nitrogens with zero attached hydrogens (tertiary/aromatic N) is 1. The topological polar surface area (TPSA) is 116 Å². The van der Waals surface area contributed by atoms with E-state index in [1.165, 1.54) is 13.8 Å². The van der Waals surface area contributed by atoms with E-state index < -0.39 is 49.7 Å². The van der Waals surface area contributed by atoms with Crippen molar-refractivity contribution in [2.75, 3.05) is 5.75 Å². The van der Waals surface area contributed by atoms with Crippen LogP contribution in [-0.4, -0.2) is 26.0 Å². The van der Waals surface area contributed by atoms with Crippen molar-refractivity contribution in [1.82, 2.24) is 0 Å². The van der Waals surface area contributed by atoms with Gasteiger partial charge in [0.05, 0.1) is 16.2 Å². The van der Waals surface area contributed by atoms with Gasteiger partial charge in [0.2, 0.25) is 0 Å². The van der Waals surface area contributed by atoms with Gasteiger partial charge >= 0.3 is 6.18 Å². The summed E-state index contributed by atoms with van der Waals surface area (Å²) in [7, 11) is -4.12. The first-order valence-corrected chi connectivity index (χ1v) is 7.64. The third kappa shape index (κ3) is 3.75. The Labute approximate surface area is 124 Å². The van der Waals surface area contributed by atoms with Gasteiger partial charge in [-0.25, -0.2) is 8.42 Å². The van der Waals surface area contributed by atoms with Crippen molar-refractivity contribution >= 4 is 21.7 Å². The third-order valence-electron chi connectivity index (χ3n) is 2.81. The molecule has 0 unspecified atom stereocenters. The van der Waals surface area contributed by atoms with Gasteiger partial charge in [0, 0.05) is 5.56 Å². The molecule has 0 heterocycles. The van der Waals surface area contributed by atoms with Gasteiger partial charge in [-0.15, -0.1) is 0 Å². The fourth-order valence-corrected chi connectivity index (χ4v) is 2.90. The minimum atomic E-state index is -4.95. The van der Waals surface area contributed by atoms with E-state index in [0.717, 1.165) is 6.07 Å². The number of guanidine groups is 1. The number of aryl methyl sites for hydroxylation is 1. The second kappa shape index (κ2) is 5.95. The van der Waals surface area contributed by atoms with Crippen molar-refractivity contribution in [3.63, 3.8) is 0 Å². The predicted octanol–water partition coefficient (Wildman–Crippen LogP) is 1.22. The Morgan fingerprint density at radius 2 is 1.82 bits per heavy atom. The van der Waals surface area contributed by atoms with Crippen LogP contribution in [0.2, 0.25) is 0 Å². The number of hydrogen-bond donors (Lipinski definition) is 2. The number of alkyl halides is 3. The molecule has 6 nitrogen and oxygen atoms in total. The van der Waals surface area contributed by atoms with E-state index in [2.05, 4.69) is 4.99 Å². The average molecular weight is 337 g/mol. The fraction of sp³-hybridized carbons (Fsp3) is 0.333. The zero-order chi connectivity index (χ0) is 17.3. The zero-order valence-electron chi connectivity index (χ0n) is 11.7. The van der Waals surface area contributed by atoms with Gasteiger partial charge in [0.15, 0.2) is 15.8 Å². The SMILES string of the molecule is CCS(=O)(=O)c1cc(C)c(C(=O)N=C(N)N)cc1C(F)(F)F. The Kier molecular flexibility index (Phi) is 4.86. The van der Waals surface area contributed by atoms with Crippen LogP contribution < -0.4 is 11.5 Å². The first-order chi connectivity index (χ1) is 9.90. The summed E-state index contributed by atoms with van der Waals surface area (Å²) in [4.78, 5) is 14.0. The lowest BCUT2D eigenvalue weighted by atomic mass is 10.0. The molecule has 122 valence electrons. The zero-order valence-corrected chi connectivity index (χ0v) is 12.5. The van der Waals surface area contributed by atoms with Crippen molar-refractivity contribution in [2.45, 2.75) is 24.9 Å². The van der Waals surface area contributed by atoms with Crippen LogP contribution in [0.15, 0.2) is 22.0 Å². The predicted molar refractivity (Wildman–Crippen MR) is 74.0 cm³/mol. The Morgan fingerprint density at radius 3 is 2.23 bits per heavy atom. The molecule has 10 heteroatoms. The van der Waals surface area contributed by atoms with Gasteiger partial charge in [0.25, 0.3) is 5.91 Å². The minimum Gasteiger partial charge on any atom is -0.370 e. The maximum absolute atomic E-state index is 13.1. The third-order valence-corrected chi connectivity index (χ3v) is 4.58. The number of amides is 1. The van der Waals surface area contributed by atoms with Crippen LogP contribution >= 0.6 is 0 Å². The van der Waals surface area contributed by atoms with E-state index in [1.54, 1.807) is 0 Å². The van der Waals surface area contributed by atoms with E-state index >= 15 is 0 Å². The summed E-state index contributed by atoms with van der Waals surface area (Å²) in [6.07, 6.45) is -4.95. The molecular formula is C12H14F3N3O3S. The van der Waals surface area contributed by atoms with Crippen molar-refractivity contribution in [3.05, 3.63) is 28.8 Å². The number of carbonyl (C=O) groups excluding carboxylic acids is 1. The molecule has 1 aromatic carbocycles. The average Bonchev–Trinajstić information content (AvgIpc) is 2.35. The van der Waals surface area contributed by atoms with E-state index in [4.69, 9.17) is 11.5 Å². The van der Waals surface area contributed by atoms with Crippen molar-refractivity contribution in [1.29, 1.82) is 0 Å². The molecule has 0 aliphatic rings. The number of hydrogen-bond acceptors (Lipinski definition) is 3. The van der Waals surface area contributed by atoms with Gasteiger partial charge in [-0.2, -0.15) is 18.2 Å².